The third kappa shape index (κ3) is 3.80. The Morgan fingerprint density at radius 3 is 2.33 bits per heavy atom. The van der Waals surface area contributed by atoms with Crippen molar-refractivity contribution in [3.05, 3.63) is 47.5 Å². The first-order valence-corrected chi connectivity index (χ1v) is 9.74. The van der Waals surface area contributed by atoms with E-state index in [0.29, 0.717) is 23.0 Å². The maximum absolute atomic E-state index is 12.6. The standard InChI is InChI=1S/C16H21ClN4O2S/c1-14-18-6-7-20(14)11-8-19-9-12-21(13-10-19)24(22,23)16-4-2-15(17)3-5-16/h2-7H,8-13H2,1H3. The van der Waals surface area contributed by atoms with Crippen LogP contribution in [-0.4, -0.2) is 59.9 Å². The molecule has 0 aliphatic carbocycles. The minimum Gasteiger partial charge on any atom is -0.334 e. The van der Waals surface area contributed by atoms with E-state index in [9.17, 15) is 8.42 Å². The Kier molecular flexibility index (Phi) is 5.24. The number of benzene rings is 1. The van der Waals surface area contributed by atoms with E-state index in [1.165, 1.54) is 0 Å². The van der Waals surface area contributed by atoms with Crippen molar-refractivity contribution in [2.24, 2.45) is 0 Å². The molecule has 8 heteroatoms. The van der Waals surface area contributed by atoms with Gasteiger partial charge in [0.25, 0.3) is 0 Å². The van der Waals surface area contributed by atoms with Crippen molar-refractivity contribution in [1.29, 1.82) is 0 Å². The number of aryl methyl sites for hydroxylation is 1. The summed E-state index contributed by atoms with van der Waals surface area (Å²) in [6.07, 6.45) is 3.77. The van der Waals surface area contributed by atoms with Crippen LogP contribution >= 0.6 is 11.6 Å². The summed E-state index contributed by atoms with van der Waals surface area (Å²) >= 11 is 5.83. The highest BCUT2D eigenvalue weighted by atomic mass is 35.5. The summed E-state index contributed by atoms with van der Waals surface area (Å²) in [4.78, 5) is 6.80. The third-order valence-corrected chi connectivity index (χ3v) is 6.53. The molecule has 1 saturated heterocycles. The number of imidazole rings is 1. The third-order valence-electron chi connectivity index (χ3n) is 4.36. The van der Waals surface area contributed by atoms with Crippen LogP contribution in [0.4, 0.5) is 0 Å². The summed E-state index contributed by atoms with van der Waals surface area (Å²) in [6.45, 7) is 6.24. The number of hydrogen-bond acceptors (Lipinski definition) is 4. The zero-order valence-corrected chi connectivity index (χ0v) is 15.2. The molecule has 24 heavy (non-hydrogen) atoms. The molecule has 1 aromatic heterocycles. The summed E-state index contributed by atoms with van der Waals surface area (Å²) in [5.74, 6) is 0.999. The van der Waals surface area contributed by atoms with E-state index in [0.717, 1.165) is 32.0 Å². The number of rotatable bonds is 5. The molecule has 2 heterocycles. The quantitative estimate of drug-likeness (QED) is 0.808. The molecule has 1 aromatic carbocycles. The lowest BCUT2D eigenvalue weighted by Gasteiger charge is -2.34. The highest BCUT2D eigenvalue weighted by Gasteiger charge is 2.28. The van der Waals surface area contributed by atoms with E-state index in [1.807, 2.05) is 13.1 Å². The molecule has 1 fully saturated rings. The molecule has 0 amide bonds. The molecule has 0 radical (unpaired) electrons. The smallest absolute Gasteiger partial charge is 0.243 e. The van der Waals surface area contributed by atoms with E-state index < -0.39 is 10.0 Å². The second kappa shape index (κ2) is 7.23. The summed E-state index contributed by atoms with van der Waals surface area (Å²) in [5.41, 5.74) is 0. The highest BCUT2D eigenvalue weighted by Crippen LogP contribution is 2.19. The van der Waals surface area contributed by atoms with Crippen molar-refractivity contribution in [3.63, 3.8) is 0 Å². The van der Waals surface area contributed by atoms with Gasteiger partial charge in [-0.25, -0.2) is 13.4 Å². The fourth-order valence-corrected chi connectivity index (χ4v) is 4.39. The van der Waals surface area contributed by atoms with Gasteiger partial charge in [0.15, 0.2) is 0 Å². The van der Waals surface area contributed by atoms with Crippen LogP contribution in [0.15, 0.2) is 41.6 Å². The molecule has 0 unspecified atom stereocenters. The van der Waals surface area contributed by atoms with Crippen molar-refractivity contribution in [3.8, 4) is 0 Å². The maximum Gasteiger partial charge on any atom is 0.243 e. The van der Waals surface area contributed by atoms with Crippen LogP contribution in [0.25, 0.3) is 0 Å². The number of piperazine rings is 1. The van der Waals surface area contributed by atoms with E-state index in [2.05, 4.69) is 14.5 Å². The Labute approximate surface area is 147 Å². The van der Waals surface area contributed by atoms with Gasteiger partial charge in [-0.05, 0) is 31.2 Å². The average molecular weight is 369 g/mol. The first-order valence-electron chi connectivity index (χ1n) is 7.92. The largest absolute Gasteiger partial charge is 0.334 e. The van der Waals surface area contributed by atoms with E-state index in [-0.39, 0.29) is 0 Å². The summed E-state index contributed by atoms with van der Waals surface area (Å²) in [7, 11) is -3.43. The molecule has 0 N–H and O–H groups in total. The van der Waals surface area contributed by atoms with Crippen molar-refractivity contribution < 1.29 is 8.42 Å². The predicted molar refractivity (Wildman–Crippen MR) is 93.6 cm³/mol. The molecule has 0 bridgehead atoms. The molecule has 0 saturated carbocycles. The molecule has 0 spiro atoms. The van der Waals surface area contributed by atoms with Crippen LogP contribution in [-0.2, 0) is 16.6 Å². The zero-order valence-electron chi connectivity index (χ0n) is 13.6. The second-order valence-electron chi connectivity index (χ2n) is 5.87. The van der Waals surface area contributed by atoms with Gasteiger partial charge in [0.2, 0.25) is 10.0 Å². The average Bonchev–Trinajstić information content (AvgIpc) is 2.99. The molecule has 0 atom stereocenters. The van der Waals surface area contributed by atoms with Crippen molar-refractivity contribution in [2.75, 3.05) is 32.7 Å². The van der Waals surface area contributed by atoms with Crippen LogP contribution in [0.3, 0.4) is 0 Å². The molecular weight excluding hydrogens is 348 g/mol. The Bertz CT molecular complexity index is 781. The number of sulfonamides is 1. The van der Waals surface area contributed by atoms with Gasteiger partial charge in [0.1, 0.15) is 5.82 Å². The van der Waals surface area contributed by atoms with Gasteiger partial charge in [-0.15, -0.1) is 0 Å². The van der Waals surface area contributed by atoms with Gasteiger partial charge in [-0.3, -0.25) is 4.90 Å². The lowest BCUT2D eigenvalue weighted by atomic mass is 10.3. The monoisotopic (exact) mass is 368 g/mol. The first-order chi connectivity index (χ1) is 11.5. The lowest BCUT2D eigenvalue weighted by Crippen LogP contribution is -2.49. The van der Waals surface area contributed by atoms with Crippen molar-refractivity contribution >= 4 is 21.6 Å². The number of halogens is 1. The predicted octanol–water partition coefficient (Wildman–Crippen LogP) is 1.85. The molecule has 3 rings (SSSR count). The second-order valence-corrected chi connectivity index (χ2v) is 8.24. The van der Waals surface area contributed by atoms with Gasteiger partial charge >= 0.3 is 0 Å². The topological polar surface area (TPSA) is 58.4 Å². The normalized spacial score (nSPS) is 17.2. The molecule has 2 aromatic rings. The van der Waals surface area contributed by atoms with Crippen LogP contribution < -0.4 is 0 Å². The number of nitrogens with zero attached hydrogens (tertiary/aromatic N) is 4. The fourth-order valence-electron chi connectivity index (χ4n) is 2.84. The van der Waals surface area contributed by atoms with Gasteiger partial charge in [-0.2, -0.15) is 4.31 Å². The Morgan fingerprint density at radius 2 is 1.75 bits per heavy atom. The molecule has 1 aliphatic heterocycles. The van der Waals surface area contributed by atoms with Gasteiger partial charge in [-0.1, -0.05) is 11.6 Å². The SMILES string of the molecule is Cc1nccn1CCN1CCN(S(=O)(=O)c2ccc(Cl)cc2)CC1. The van der Waals surface area contributed by atoms with E-state index in [4.69, 9.17) is 11.6 Å². The number of aromatic nitrogens is 2. The fraction of sp³-hybridized carbons (Fsp3) is 0.438. The van der Waals surface area contributed by atoms with Crippen LogP contribution in [0.5, 0.6) is 0 Å². The van der Waals surface area contributed by atoms with Gasteiger partial charge < -0.3 is 4.57 Å². The van der Waals surface area contributed by atoms with Crippen LogP contribution in [0, 0.1) is 6.92 Å². The Morgan fingerprint density at radius 1 is 1.08 bits per heavy atom. The molecular formula is C16H21ClN4O2S. The molecule has 1 aliphatic rings. The highest BCUT2D eigenvalue weighted by molar-refractivity contribution is 7.89. The zero-order chi connectivity index (χ0) is 17.2. The van der Waals surface area contributed by atoms with E-state index in [1.54, 1.807) is 34.8 Å². The summed E-state index contributed by atoms with van der Waals surface area (Å²) < 4.78 is 29.0. The Balaban J connectivity index is 1.56. The van der Waals surface area contributed by atoms with Crippen LogP contribution in [0.1, 0.15) is 5.82 Å². The molecule has 6 nitrogen and oxygen atoms in total. The maximum atomic E-state index is 12.6. The van der Waals surface area contributed by atoms with Gasteiger partial charge in [0.05, 0.1) is 4.90 Å². The number of hydrogen-bond donors (Lipinski definition) is 0. The minimum absolute atomic E-state index is 0.300. The summed E-state index contributed by atoms with van der Waals surface area (Å²) in [5, 5.41) is 0.536. The van der Waals surface area contributed by atoms with Crippen LogP contribution in [0.2, 0.25) is 5.02 Å². The first kappa shape index (κ1) is 17.4. The minimum atomic E-state index is -3.43. The lowest BCUT2D eigenvalue weighted by molar-refractivity contribution is 0.182. The summed E-state index contributed by atoms with van der Waals surface area (Å²) in [6, 6.07) is 6.34. The van der Waals surface area contributed by atoms with Gasteiger partial charge in [0, 0.05) is 56.7 Å². The Hall–Kier alpha value is -1.41. The van der Waals surface area contributed by atoms with Crippen molar-refractivity contribution in [1.82, 2.24) is 18.8 Å². The molecule has 130 valence electrons. The van der Waals surface area contributed by atoms with Crippen molar-refractivity contribution in [2.45, 2.75) is 18.4 Å². The van der Waals surface area contributed by atoms with E-state index >= 15 is 0 Å².